The van der Waals surface area contributed by atoms with E-state index >= 15 is 0 Å². The van der Waals surface area contributed by atoms with Crippen LogP contribution >= 0.6 is 0 Å². The van der Waals surface area contributed by atoms with E-state index in [0.717, 1.165) is 5.56 Å². The smallest absolute Gasteiger partial charge is 0.226 e. The first-order valence-corrected chi connectivity index (χ1v) is 6.63. The van der Waals surface area contributed by atoms with Crippen molar-refractivity contribution >= 4 is 5.91 Å². The number of hydrogen-bond acceptors (Lipinski definition) is 4. The van der Waals surface area contributed by atoms with Crippen molar-refractivity contribution in [1.29, 1.82) is 0 Å². The molecule has 5 heteroatoms. The Morgan fingerprint density at radius 1 is 1.35 bits per heavy atom. The fourth-order valence-corrected chi connectivity index (χ4v) is 1.70. The van der Waals surface area contributed by atoms with Crippen LogP contribution in [0.4, 0.5) is 0 Å². The second-order valence-corrected chi connectivity index (χ2v) is 4.68. The van der Waals surface area contributed by atoms with Crippen LogP contribution < -0.4 is 10.6 Å². The number of aromatic nitrogens is 1. The van der Waals surface area contributed by atoms with E-state index < -0.39 is 0 Å². The first-order chi connectivity index (χ1) is 9.69. The van der Waals surface area contributed by atoms with Crippen LogP contribution in [0.2, 0.25) is 0 Å². The van der Waals surface area contributed by atoms with Gasteiger partial charge in [-0.15, -0.1) is 0 Å². The van der Waals surface area contributed by atoms with Crippen LogP contribution in [0.25, 0.3) is 11.5 Å². The zero-order chi connectivity index (χ0) is 14.4. The van der Waals surface area contributed by atoms with Gasteiger partial charge in [-0.3, -0.25) is 4.79 Å². The van der Waals surface area contributed by atoms with Gasteiger partial charge in [-0.2, -0.15) is 0 Å². The highest BCUT2D eigenvalue weighted by Gasteiger charge is 2.10. The van der Waals surface area contributed by atoms with Gasteiger partial charge in [0.05, 0.1) is 12.1 Å². The van der Waals surface area contributed by atoms with Crippen molar-refractivity contribution in [3.63, 3.8) is 0 Å². The second-order valence-electron chi connectivity index (χ2n) is 4.68. The summed E-state index contributed by atoms with van der Waals surface area (Å²) in [6, 6.07) is 9.87. The van der Waals surface area contributed by atoms with Crippen molar-refractivity contribution in [3.05, 3.63) is 42.3 Å². The van der Waals surface area contributed by atoms with Gasteiger partial charge in [0.15, 0.2) is 0 Å². The molecule has 2 N–H and O–H groups in total. The number of rotatable bonds is 6. The molecule has 5 nitrogen and oxygen atoms in total. The molecule has 0 aliphatic heterocycles. The summed E-state index contributed by atoms with van der Waals surface area (Å²) in [4.78, 5) is 16.1. The van der Waals surface area contributed by atoms with E-state index in [1.807, 2.05) is 44.3 Å². The van der Waals surface area contributed by atoms with E-state index in [2.05, 4.69) is 15.6 Å². The highest BCUT2D eigenvalue weighted by atomic mass is 16.3. The molecule has 0 fully saturated rings. The minimum Gasteiger partial charge on any atom is -0.444 e. The lowest BCUT2D eigenvalue weighted by Crippen LogP contribution is -2.37. The summed E-state index contributed by atoms with van der Waals surface area (Å²) in [5.41, 5.74) is 1.54. The number of nitrogens with zero attached hydrogens (tertiary/aromatic N) is 1. The van der Waals surface area contributed by atoms with Gasteiger partial charge >= 0.3 is 0 Å². The topological polar surface area (TPSA) is 67.2 Å². The first-order valence-electron chi connectivity index (χ1n) is 6.63. The number of nitrogens with one attached hydrogen (secondary N) is 2. The van der Waals surface area contributed by atoms with E-state index in [0.29, 0.717) is 18.1 Å². The lowest BCUT2D eigenvalue weighted by molar-refractivity contribution is -0.120. The molecule has 2 aromatic rings. The maximum Gasteiger partial charge on any atom is 0.226 e. The third-order valence-electron chi connectivity index (χ3n) is 3.01. The van der Waals surface area contributed by atoms with Gasteiger partial charge in [-0.1, -0.05) is 18.2 Å². The number of carbonyl (C=O) groups excluding carboxylic acids is 1. The van der Waals surface area contributed by atoms with E-state index in [1.165, 1.54) is 6.26 Å². The Kier molecular flexibility index (Phi) is 4.90. The summed E-state index contributed by atoms with van der Waals surface area (Å²) < 4.78 is 5.39. The molecule has 0 bridgehead atoms. The number of amides is 1. The van der Waals surface area contributed by atoms with E-state index in [4.69, 9.17) is 4.42 Å². The van der Waals surface area contributed by atoms with E-state index in [9.17, 15) is 4.79 Å². The van der Waals surface area contributed by atoms with Crippen LogP contribution in [0.3, 0.4) is 0 Å². The molecule has 0 saturated heterocycles. The van der Waals surface area contributed by atoms with Gasteiger partial charge in [-0.25, -0.2) is 4.98 Å². The predicted octanol–water partition coefficient (Wildman–Crippen LogP) is 1.61. The molecule has 0 spiro atoms. The Morgan fingerprint density at radius 3 is 2.80 bits per heavy atom. The molecule has 0 aliphatic carbocycles. The van der Waals surface area contributed by atoms with Gasteiger partial charge < -0.3 is 15.1 Å². The molecule has 1 unspecified atom stereocenters. The maximum atomic E-state index is 11.8. The Bertz CT molecular complexity index is 551. The molecule has 2 rings (SSSR count). The predicted molar refractivity (Wildman–Crippen MR) is 77.2 cm³/mol. The fraction of sp³-hybridized carbons (Fsp3) is 0.333. The molecule has 106 valence electrons. The molecular formula is C15H19N3O2. The largest absolute Gasteiger partial charge is 0.444 e. The lowest BCUT2D eigenvalue weighted by Gasteiger charge is -2.10. The molecular weight excluding hydrogens is 254 g/mol. The average molecular weight is 273 g/mol. The van der Waals surface area contributed by atoms with Crippen LogP contribution in [0.15, 0.2) is 41.0 Å². The Morgan fingerprint density at radius 2 is 2.10 bits per heavy atom. The summed E-state index contributed by atoms with van der Waals surface area (Å²) in [5.74, 6) is 0.483. The maximum absolute atomic E-state index is 11.8. The van der Waals surface area contributed by atoms with Crippen molar-refractivity contribution in [1.82, 2.24) is 15.6 Å². The summed E-state index contributed by atoms with van der Waals surface area (Å²) in [5, 5.41) is 5.91. The van der Waals surface area contributed by atoms with Gasteiger partial charge in [0.2, 0.25) is 11.8 Å². The van der Waals surface area contributed by atoms with Gasteiger partial charge in [-0.05, 0) is 26.1 Å². The monoisotopic (exact) mass is 273 g/mol. The summed E-state index contributed by atoms with van der Waals surface area (Å²) >= 11 is 0. The minimum absolute atomic E-state index is 0.0555. The molecule has 1 heterocycles. The fourth-order valence-electron chi connectivity index (χ4n) is 1.70. The third-order valence-corrected chi connectivity index (χ3v) is 3.01. The van der Waals surface area contributed by atoms with Crippen LogP contribution in [0.5, 0.6) is 0 Å². The van der Waals surface area contributed by atoms with Crippen molar-refractivity contribution in [2.45, 2.75) is 19.4 Å². The number of hydrogen-bond donors (Lipinski definition) is 2. The first kappa shape index (κ1) is 14.3. The minimum atomic E-state index is -0.0555. The zero-order valence-electron chi connectivity index (χ0n) is 11.7. The SMILES string of the molecule is CNC(C)CNC(=O)Cc1coc(-c2ccccc2)n1. The van der Waals surface area contributed by atoms with Gasteiger partial charge in [0.25, 0.3) is 0 Å². The summed E-state index contributed by atoms with van der Waals surface area (Å²) in [7, 11) is 1.86. The van der Waals surface area contributed by atoms with Gasteiger partial charge in [0, 0.05) is 18.2 Å². The Labute approximate surface area is 118 Å². The molecule has 1 aromatic heterocycles. The number of benzene rings is 1. The molecule has 0 saturated carbocycles. The molecule has 0 aliphatic rings. The zero-order valence-corrected chi connectivity index (χ0v) is 11.7. The number of likely N-dealkylation sites (N-methyl/N-ethyl adjacent to an activating group) is 1. The third kappa shape index (κ3) is 3.93. The van der Waals surface area contributed by atoms with Crippen LogP contribution in [-0.4, -0.2) is 30.5 Å². The lowest BCUT2D eigenvalue weighted by atomic mass is 10.2. The van der Waals surface area contributed by atoms with Crippen LogP contribution in [0.1, 0.15) is 12.6 Å². The summed E-state index contributed by atoms with van der Waals surface area (Å²) in [6.07, 6.45) is 1.76. The number of oxazole rings is 1. The van der Waals surface area contributed by atoms with E-state index in [1.54, 1.807) is 0 Å². The molecule has 20 heavy (non-hydrogen) atoms. The average Bonchev–Trinajstić information content (AvgIpc) is 2.94. The highest BCUT2D eigenvalue weighted by Crippen LogP contribution is 2.17. The van der Waals surface area contributed by atoms with Gasteiger partial charge in [0.1, 0.15) is 6.26 Å². The molecule has 1 atom stereocenters. The van der Waals surface area contributed by atoms with Crippen LogP contribution in [0, 0.1) is 0 Å². The summed E-state index contributed by atoms with van der Waals surface area (Å²) in [6.45, 7) is 2.60. The molecule has 1 amide bonds. The normalized spacial score (nSPS) is 12.1. The van der Waals surface area contributed by atoms with Crippen LogP contribution in [-0.2, 0) is 11.2 Å². The van der Waals surface area contributed by atoms with Crippen molar-refractivity contribution < 1.29 is 9.21 Å². The Balaban J connectivity index is 1.91. The Hall–Kier alpha value is -2.14. The molecule has 1 aromatic carbocycles. The van der Waals surface area contributed by atoms with E-state index in [-0.39, 0.29) is 18.4 Å². The molecule has 0 radical (unpaired) electrons. The standard InChI is InChI=1S/C15H19N3O2/c1-11(16-2)9-17-14(19)8-13-10-20-15(18-13)12-6-4-3-5-7-12/h3-7,10-11,16H,8-9H2,1-2H3,(H,17,19). The van der Waals surface area contributed by atoms with Crippen molar-refractivity contribution in [2.75, 3.05) is 13.6 Å². The van der Waals surface area contributed by atoms with Crippen molar-refractivity contribution in [2.24, 2.45) is 0 Å². The number of carbonyl (C=O) groups is 1. The van der Waals surface area contributed by atoms with Crippen molar-refractivity contribution in [3.8, 4) is 11.5 Å². The second kappa shape index (κ2) is 6.86. The quantitative estimate of drug-likeness (QED) is 0.839. The highest BCUT2D eigenvalue weighted by molar-refractivity contribution is 5.78.